The molecule has 1 aliphatic rings. The molecule has 0 unspecified atom stereocenters. The summed E-state index contributed by atoms with van der Waals surface area (Å²) in [6.07, 6.45) is 9.86. The first-order valence-electron chi connectivity index (χ1n) is 5.57. The Bertz CT molecular complexity index is 111. The van der Waals surface area contributed by atoms with Crippen LogP contribution < -0.4 is 0 Å². The van der Waals surface area contributed by atoms with Crippen molar-refractivity contribution in [2.45, 2.75) is 44.9 Å². The average molecular weight is 205 g/mol. The summed E-state index contributed by atoms with van der Waals surface area (Å²) >= 11 is 5.50. The Morgan fingerprint density at radius 2 is 1.85 bits per heavy atom. The van der Waals surface area contributed by atoms with E-state index < -0.39 is 0 Å². The van der Waals surface area contributed by atoms with Gasteiger partial charge in [-0.2, -0.15) is 0 Å². The summed E-state index contributed by atoms with van der Waals surface area (Å²) in [5.41, 5.74) is 0. The van der Waals surface area contributed by atoms with Crippen molar-refractivity contribution in [2.75, 3.05) is 19.1 Å². The highest BCUT2D eigenvalue weighted by Gasteiger charge is 2.12. The van der Waals surface area contributed by atoms with Crippen molar-refractivity contribution < 1.29 is 4.74 Å². The summed E-state index contributed by atoms with van der Waals surface area (Å²) in [5, 5.41) is 0. The van der Waals surface area contributed by atoms with E-state index in [4.69, 9.17) is 16.3 Å². The fraction of sp³-hybridized carbons (Fsp3) is 1.00. The van der Waals surface area contributed by atoms with Gasteiger partial charge in [0.15, 0.2) is 0 Å². The molecule has 0 aromatic rings. The van der Waals surface area contributed by atoms with Crippen LogP contribution in [-0.2, 0) is 4.74 Å². The molecule has 1 nitrogen and oxygen atoms in total. The fourth-order valence-electron chi connectivity index (χ4n) is 2.11. The van der Waals surface area contributed by atoms with E-state index in [9.17, 15) is 0 Å². The zero-order valence-electron chi connectivity index (χ0n) is 8.43. The maximum Gasteiger partial charge on any atom is 0.0601 e. The number of rotatable bonds is 6. The van der Waals surface area contributed by atoms with E-state index >= 15 is 0 Å². The second-order valence-electron chi connectivity index (χ2n) is 3.95. The lowest BCUT2D eigenvalue weighted by molar-refractivity contribution is 0.138. The van der Waals surface area contributed by atoms with Crippen molar-refractivity contribution in [3.8, 4) is 0 Å². The second-order valence-corrected chi connectivity index (χ2v) is 4.33. The number of hydrogen-bond acceptors (Lipinski definition) is 1. The van der Waals surface area contributed by atoms with E-state index in [0.29, 0.717) is 12.5 Å². The Hall–Kier alpha value is 0.250. The first-order valence-corrected chi connectivity index (χ1v) is 6.10. The Labute approximate surface area is 86.8 Å². The van der Waals surface area contributed by atoms with E-state index in [0.717, 1.165) is 12.5 Å². The maximum absolute atomic E-state index is 5.50. The molecule has 0 N–H and O–H groups in total. The monoisotopic (exact) mass is 204 g/mol. The molecule has 2 heteroatoms. The smallest absolute Gasteiger partial charge is 0.0601 e. The highest BCUT2D eigenvalue weighted by Crippen LogP contribution is 2.27. The third-order valence-corrected chi connectivity index (χ3v) is 3.00. The van der Waals surface area contributed by atoms with E-state index in [1.807, 2.05) is 0 Å². The molecule has 0 aliphatic heterocycles. The summed E-state index contributed by atoms with van der Waals surface area (Å²) < 4.78 is 5.34. The molecule has 13 heavy (non-hydrogen) atoms. The largest absolute Gasteiger partial charge is 0.380 e. The van der Waals surface area contributed by atoms with Gasteiger partial charge in [0.1, 0.15) is 0 Å². The zero-order chi connectivity index (χ0) is 9.36. The van der Waals surface area contributed by atoms with Gasteiger partial charge in [0.2, 0.25) is 0 Å². The summed E-state index contributed by atoms with van der Waals surface area (Å²) in [4.78, 5) is 0. The Balaban J connectivity index is 1.86. The van der Waals surface area contributed by atoms with Crippen molar-refractivity contribution >= 4 is 11.6 Å². The van der Waals surface area contributed by atoms with Crippen molar-refractivity contribution in [3.05, 3.63) is 0 Å². The average Bonchev–Trinajstić information content (AvgIpc) is 2.19. The zero-order valence-corrected chi connectivity index (χ0v) is 9.19. The third kappa shape index (κ3) is 5.53. The molecule has 1 saturated carbocycles. The lowest BCUT2D eigenvalue weighted by Gasteiger charge is -2.21. The van der Waals surface area contributed by atoms with Crippen molar-refractivity contribution in [1.29, 1.82) is 0 Å². The minimum absolute atomic E-state index is 0.628. The van der Waals surface area contributed by atoms with Gasteiger partial charge in [-0.3, -0.25) is 0 Å². The fourth-order valence-corrected chi connectivity index (χ4v) is 2.22. The minimum atomic E-state index is 0.628. The summed E-state index contributed by atoms with van der Waals surface area (Å²) in [6.45, 7) is 1.62. The molecule has 0 heterocycles. The minimum Gasteiger partial charge on any atom is -0.380 e. The van der Waals surface area contributed by atoms with Crippen LogP contribution in [0.5, 0.6) is 0 Å². The van der Waals surface area contributed by atoms with Crippen molar-refractivity contribution in [1.82, 2.24) is 0 Å². The molecule has 1 rings (SSSR count). The van der Waals surface area contributed by atoms with Gasteiger partial charge in [0.25, 0.3) is 0 Å². The lowest BCUT2D eigenvalue weighted by atomic mass is 9.86. The van der Waals surface area contributed by atoms with Gasteiger partial charge in [-0.15, -0.1) is 11.6 Å². The van der Waals surface area contributed by atoms with Gasteiger partial charge in [-0.25, -0.2) is 0 Å². The highest BCUT2D eigenvalue weighted by atomic mass is 35.5. The maximum atomic E-state index is 5.50. The number of hydrogen-bond donors (Lipinski definition) is 0. The van der Waals surface area contributed by atoms with Crippen LogP contribution in [0, 0.1) is 5.92 Å². The predicted molar refractivity (Wildman–Crippen MR) is 57.3 cm³/mol. The molecule has 0 aromatic heterocycles. The molecule has 0 bridgehead atoms. The van der Waals surface area contributed by atoms with Crippen LogP contribution in [0.2, 0.25) is 0 Å². The van der Waals surface area contributed by atoms with Crippen LogP contribution in [0.4, 0.5) is 0 Å². The van der Waals surface area contributed by atoms with E-state index in [1.54, 1.807) is 0 Å². The summed E-state index contributed by atoms with van der Waals surface area (Å²) in [5.74, 6) is 1.62. The molecule has 0 aromatic carbocycles. The predicted octanol–water partition coefficient (Wildman–Crippen LogP) is 3.60. The van der Waals surface area contributed by atoms with Crippen LogP contribution in [0.25, 0.3) is 0 Å². The number of alkyl halides is 1. The normalized spacial score (nSPS) is 19.2. The Morgan fingerprint density at radius 3 is 2.54 bits per heavy atom. The van der Waals surface area contributed by atoms with Gasteiger partial charge in [0.05, 0.1) is 6.61 Å². The molecule has 1 aliphatic carbocycles. The molecule has 0 amide bonds. The van der Waals surface area contributed by atoms with Crippen molar-refractivity contribution in [2.24, 2.45) is 5.92 Å². The first kappa shape index (κ1) is 11.3. The molecule has 0 saturated heterocycles. The highest BCUT2D eigenvalue weighted by molar-refractivity contribution is 6.17. The van der Waals surface area contributed by atoms with Crippen LogP contribution >= 0.6 is 11.6 Å². The molecule has 0 radical (unpaired) electrons. The number of ether oxygens (including phenoxy) is 1. The molecule has 0 spiro atoms. The summed E-state index contributed by atoms with van der Waals surface area (Å²) in [6, 6.07) is 0. The number of halogens is 1. The van der Waals surface area contributed by atoms with Crippen LogP contribution in [0.1, 0.15) is 44.9 Å². The first-order chi connectivity index (χ1) is 6.43. The molecule has 0 atom stereocenters. The molecular weight excluding hydrogens is 184 g/mol. The summed E-state index contributed by atoms with van der Waals surface area (Å²) in [7, 11) is 0. The van der Waals surface area contributed by atoms with Gasteiger partial charge in [-0.1, -0.05) is 32.1 Å². The topological polar surface area (TPSA) is 9.23 Å². The lowest BCUT2D eigenvalue weighted by Crippen LogP contribution is -2.07. The van der Waals surface area contributed by atoms with Crippen LogP contribution in [-0.4, -0.2) is 19.1 Å². The molecule has 1 fully saturated rings. The molecule has 78 valence electrons. The Kier molecular flexibility index (Phi) is 6.65. The van der Waals surface area contributed by atoms with E-state index in [2.05, 4.69) is 0 Å². The SMILES string of the molecule is ClCCOCCCC1CCCCC1. The quantitative estimate of drug-likeness (QED) is 0.475. The van der Waals surface area contributed by atoms with Gasteiger partial charge in [-0.05, 0) is 18.8 Å². The second kappa shape index (κ2) is 7.64. The van der Waals surface area contributed by atoms with Crippen LogP contribution in [0.15, 0.2) is 0 Å². The van der Waals surface area contributed by atoms with E-state index in [1.165, 1.54) is 44.9 Å². The van der Waals surface area contributed by atoms with Gasteiger partial charge >= 0.3 is 0 Å². The third-order valence-electron chi connectivity index (χ3n) is 2.85. The Morgan fingerprint density at radius 1 is 1.08 bits per heavy atom. The van der Waals surface area contributed by atoms with Crippen molar-refractivity contribution in [3.63, 3.8) is 0 Å². The van der Waals surface area contributed by atoms with Gasteiger partial charge in [0, 0.05) is 12.5 Å². The van der Waals surface area contributed by atoms with Crippen LogP contribution in [0.3, 0.4) is 0 Å². The molecular formula is C11H21ClO. The standard InChI is InChI=1S/C11H21ClO/c12-8-10-13-9-4-7-11-5-2-1-3-6-11/h11H,1-10H2. The van der Waals surface area contributed by atoms with Gasteiger partial charge < -0.3 is 4.74 Å². The van der Waals surface area contributed by atoms with E-state index in [-0.39, 0.29) is 0 Å².